The third kappa shape index (κ3) is 4.22. The molecule has 0 radical (unpaired) electrons. The summed E-state index contributed by atoms with van der Waals surface area (Å²) in [5.74, 6) is -0.935. The van der Waals surface area contributed by atoms with Crippen LogP contribution in [0.25, 0.3) is 0 Å². The Morgan fingerprint density at radius 2 is 2.00 bits per heavy atom. The van der Waals surface area contributed by atoms with Crippen molar-refractivity contribution in [1.82, 2.24) is 14.7 Å². The summed E-state index contributed by atoms with van der Waals surface area (Å²) in [6, 6.07) is 7.81. The highest BCUT2D eigenvalue weighted by Crippen LogP contribution is 2.22. The molecule has 1 saturated heterocycles. The van der Waals surface area contributed by atoms with Gasteiger partial charge in [-0.2, -0.15) is 5.10 Å². The van der Waals surface area contributed by atoms with Crippen molar-refractivity contribution in [3.63, 3.8) is 0 Å². The minimum atomic E-state index is -0.684. The van der Waals surface area contributed by atoms with E-state index >= 15 is 0 Å². The molecule has 0 bridgehead atoms. The van der Waals surface area contributed by atoms with E-state index in [0.29, 0.717) is 13.1 Å². The molecule has 1 aliphatic heterocycles. The molecule has 0 amide bonds. The Balaban J connectivity index is 1.73. The maximum Gasteiger partial charge on any atom is 0.307 e. The maximum absolute atomic E-state index is 11.3. The van der Waals surface area contributed by atoms with E-state index in [-0.39, 0.29) is 5.92 Å². The van der Waals surface area contributed by atoms with Gasteiger partial charge >= 0.3 is 5.97 Å². The molecular formula is C19H24ClN3O2. The molecule has 2 aromatic rings. The van der Waals surface area contributed by atoms with Crippen LogP contribution in [0, 0.1) is 19.8 Å². The van der Waals surface area contributed by atoms with E-state index < -0.39 is 5.97 Å². The van der Waals surface area contributed by atoms with Crippen molar-refractivity contribution in [2.75, 3.05) is 13.1 Å². The van der Waals surface area contributed by atoms with Gasteiger partial charge in [0.25, 0.3) is 0 Å². The van der Waals surface area contributed by atoms with E-state index in [4.69, 9.17) is 11.6 Å². The summed E-state index contributed by atoms with van der Waals surface area (Å²) in [6.07, 6.45) is 1.72. The first kappa shape index (κ1) is 18.0. The molecule has 1 aliphatic rings. The first-order valence-corrected chi connectivity index (χ1v) is 9.04. The van der Waals surface area contributed by atoms with Gasteiger partial charge in [-0.1, -0.05) is 23.7 Å². The number of carboxylic acids is 1. The van der Waals surface area contributed by atoms with Crippen molar-refractivity contribution in [2.24, 2.45) is 5.92 Å². The molecule has 1 fully saturated rings. The third-order valence-corrected chi connectivity index (χ3v) is 5.27. The minimum absolute atomic E-state index is 0.251. The van der Waals surface area contributed by atoms with Crippen molar-refractivity contribution >= 4 is 17.6 Å². The maximum atomic E-state index is 11.3. The Hall–Kier alpha value is -1.85. The number of hydrogen-bond donors (Lipinski definition) is 1. The highest BCUT2D eigenvalue weighted by Gasteiger charge is 2.26. The van der Waals surface area contributed by atoms with Crippen molar-refractivity contribution in [1.29, 1.82) is 0 Å². The number of carboxylic acid groups (broad SMARTS) is 1. The molecule has 1 aromatic carbocycles. The fraction of sp³-hybridized carbons (Fsp3) is 0.474. The molecular weight excluding hydrogens is 338 g/mol. The number of aliphatic carboxylic acids is 1. The number of rotatable bonds is 5. The average molecular weight is 362 g/mol. The normalized spacial score (nSPS) is 18.4. The number of halogens is 1. The van der Waals surface area contributed by atoms with E-state index in [1.807, 2.05) is 35.9 Å². The van der Waals surface area contributed by atoms with Crippen LogP contribution in [0.4, 0.5) is 0 Å². The monoisotopic (exact) mass is 361 g/mol. The Labute approximate surface area is 153 Å². The summed E-state index contributed by atoms with van der Waals surface area (Å²) in [5.41, 5.74) is 4.53. The predicted molar refractivity (Wildman–Crippen MR) is 97.9 cm³/mol. The largest absolute Gasteiger partial charge is 0.481 e. The van der Waals surface area contributed by atoms with Gasteiger partial charge in [0, 0.05) is 29.4 Å². The van der Waals surface area contributed by atoms with E-state index in [1.54, 1.807) is 0 Å². The van der Waals surface area contributed by atoms with Crippen LogP contribution in [-0.4, -0.2) is 38.8 Å². The Morgan fingerprint density at radius 1 is 1.28 bits per heavy atom. The van der Waals surface area contributed by atoms with Crippen molar-refractivity contribution < 1.29 is 9.90 Å². The summed E-state index contributed by atoms with van der Waals surface area (Å²) in [4.78, 5) is 13.5. The summed E-state index contributed by atoms with van der Waals surface area (Å²) in [6.45, 7) is 7.16. The number of hydrogen-bond acceptors (Lipinski definition) is 3. The van der Waals surface area contributed by atoms with Gasteiger partial charge in [0.15, 0.2) is 0 Å². The van der Waals surface area contributed by atoms with E-state index in [1.165, 1.54) is 5.56 Å². The molecule has 1 aromatic heterocycles. The van der Waals surface area contributed by atoms with Gasteiger partial charge in [-0.05, 0) is 50.9 Å². The number of aryl methyl sites for hydroxylation is 1. The lowest BCUT2D eigenvalue weighted by Gasteiger charge is -2.30. The van der Waals surface area contributed by atoms with E-state index in [2.05, 4.69) is 16.9 Å². The summed E-state index contributed by atoms with van der Waals surface area (Å²) in [5, 5.41) is 14.7. The Bertz CT molecular complexity index is 755. The number of carbonyl (C=O) groups is 1. The van der Waals surface area contributed by atoms with Gasteiger partial charge < -0.3 is 5.11 Å². The van der Waals surface area contributed by atoms with Gasteiger partial charge in [0.1, 0.15) is 0 Å². The molecule has 1 N–H and O–H groups in total. The molecule has 1 unspecified atom stereocenters. The van der Waals surface area contributed by atoms with Crippen molar-refractivity contribution in [2.45, 2.75) is 39.8 Å². The standard InChI is InChI=1S/C19H24ClN3O2/c1-13-18(12-22-9-3-4-16(11-22)19(24)25)14(2)23(21-13)10-15-5-7-17(20)8-6-15/h5-8,16H,3-4,9-12H2,1-2H3,(H,24,25). The number of piperidine rings is 1. The van der Waals surface area contributed by atoms with Crippen molar-refractivity contribution in [3.05, 3.63) is 51.8 Å². The molecule has 1 atom stereocenters. The lowest BCUT2D eigenvalue weighted by molar-refractivity contribution is -0.143. The minimum Gasteiger partial charge on any atom is -0.481 e. The van der Waals surface area contributed by atoms with Gasteiger partial charge in [0.2, 0.25) is 0 Å². The van der Waals surface area contributed by atoms with Crippen LogP contribution in [-0.2, 0) is 17.9 Å². The number of aromatic nitrogens is 2. The summed E-state index contributed by atoms with van der Waals surface area (Å²) >= 11 is 5.95. The number of benzene rings is 1. The molecule has 5 nitrogen and oxygen atoms in total. The topological polar surface area (TPSA) is 58.4 Å². The van der Waals surface area contributed by atoms with Gasteiger partial charge in [0.05, 0.1) is 18.2 Å². The average Bonchev–Trinajstić information content (AvgIpc) is 2.85. The second kappa shape index (κ2) is 7.58. The highest BCUT2D eigenvalue weighted by atomic mass is 35.5. The smallest absolute Gasteiger partial charge is 0.307 e. The molecule has 6 heteroatoms. The zero-order valence-corrected chi connectivity index (χ0v) is 15.5. The van der Waals surface area contributed by atoms with Crippen LogP contribution in [0.5, 0.6) is 0 Å². The molecule has 25 heavy (non-hydrogen) atoms. The quantitative estimate of drug-likeness (QED) is 0.885. The molecule has 2 heterocycles. The van der Waals surface area contributed by atoms with E-state index in [9.17, 15) is 9.90 Å². The SMILES string of the molecule is Cc1nn(Cc2ccc(Cl)cc2)c(C)c1CN1CCCC(C(=O)O)C1. The van der Waals surface area contributed by atoms with Gasteiger partial charge in [-0.25, -0.2) is 0 Å². The fourth-order valence-corrected chi connectivity index (χ4v) is 3.63. The number of nitrogens with zero attached hydrogens (tertiary/aromatic N) is 3. The van der Waals surface area contributed by atoms with Crippen LogP contribution < -0.4 is 0 Å². The lowest BCUT2D eigenvalue weighted by atomic mass is 9.97. The van der Waals surface area contributed by atoms with Gasteiger partial charge in [-0.3, -0.25) is 14.4 Å². The predicted octanol–water partition coefficient (Wildman–Crippen LogP) is 3.50. The van der Waals surface area contributed by atoms with Crippen LogP contribution in [0.3, 0.4) is 0 Å². The summed E-state index contributed by atoms with van der Waals surface area (Å²) in [7, 11) is 0. The first-order valence-electron chi connectivity index (χ1n) is 8.66. The summed E-state index contributed by atoms with van der Waals surface area (Å²) < 4.78 is 2.02. The van der Waals surface area contributed by atoms with Crippen LogP contribution >= 0.6 is 11.6 Å². The van der Waals surface area contributed by atoms with Crippen molar-refractivity contribution in [3.8, 4) is 0 Å². The van der Waals surface area contributed by atoms with Crippen LogP contribution in [0.15, 0.2) is 24.3 Å². The first-order chi connectivity index (χ1) is 11.9. The molecule has 0 saturated carbocycles. The fourth-order valence-electron chi connectivity index (χ4n) is 3.50. The second-order valence-corrected chi connectivity index (χ2v) is 7.28. The second-order valence-electron chi connectivity index (χ2n) is 6.85. The molecule has 0 aliphatic carbocycles. The molecule has 3 rings (SSSR count). The number of likely N-dealkylation sites (tertiary alicyclic amines) is 1. The Morgan fingerprint density at radius 3 is 2.68 bits per heavy atom. The van der Waals surface area contributed by atoms with Crippen LogP contribution in [0.2, 0.25) is 5.02 Å². The molecule has 134 valence electrons. The third-order valence-electron chi connectivity index (χ3n) is 5.01. The lowest BCUT2D eigenvalue weighted by Crippen LogP contribution is -2.38. The highest BCUT2D eigenvalue weighted by molar-refractivity contribution is 6.30. The zero-order chi connectivity index (χ0) is 18.0. The van der Waals surface area contributed by atoms with E-state index in [0.717, 1.165) is 47.9 Å². The van der Waals surface area contributed by atoms with Crippen LogP contribution in [0.1, 0.15) is 35.4 Å². The molecule has 0 spiro atoms. The zero-order valence-electron chi connectivity index (χ0n) is 14.7. The Kier molecular flexibility index (Phi) is 5.45. The van der Waals surface area contributed by atoms with Gasteiger partial charge in [-0.15, -0.1) is 0 Å².